The molecule has 0 bridgehead atoms. The Morgan fingerprint density at radius 3 is 2.69 bits per heavy atom. The fourth-order valence-electron chi connectivity index (χ4n) is 1.59. The number of aromatic nitrogens is 1. The quantitative estimate of drug-likeness (QED) is 0.742. The fourth-order valence-corrected chi connectivity index (χ4v) is 2.75. The molecule has 1 aliphatic rings. The second-order valence-corrected chi connectivity index (χ2v) is 5.14. The summed E-state index contributed by atoms with van der Waals surface area (Å²) >= 11 is 2.85. The van der Waals surface area contributed by atoms with Gasteiger partial charge in [-0.3, -0.25) is 4.79 Å². The lowest BCUT2D eigenvalue weighted by Gasteiger charge is -2.09. The van der Waals surface area contributed by atoms with Crippen molar-refractivity contribution in [3.8, 4) is 0 Å². The molecule has 1 heterocycles. The van der Waals surface area contributed by atoms with Gasteiger partial charge in [-0.1, -0.05) is 0 Å². The zero-order chi connectivity index (χ0) is 11.9. The van der Waals surface area contributed by atoms with E-state index in [1.807, 2.05) is 0 Å². The van der Waals surface area contributed by atoms with Gasteiger partial charge in [0.25, 0.3) is 0 Å². The summed E-state index contributed by atoms with van der Waals surface area (Å²) in [6.07, 6.45) is 2.04. The SMILES string of the molecule is O=C1CCc2c(Br)cnc(SC(F)(F)F)c21. The maximum Gasteiger partial charge on any atom is 0.447 e. The first-order chi connectivity index (χ1) is 7.38. The molecule has 0 saturated carbocycles. The predicted molar refractivity (Wildman–Crippen MR) is 56.5 cm³/mol. The van der Waals surface area contributed by atoms with E-state index < -0.39 is 5.51 Å². The molecule has 0 fully saturated rings. The highest BCUT2D eigenvalue weighted by molar-refractivity contribution is 9.10. The smallest absolute Gasteiger partial charge is 0.294 e. The van der Waals surface area contributed by atoms with Gasteiger partial charge in [0, 0.05) is 28.9 Å². The number of Topliss-reactive ketones (excluding diaryl/α,β-unsaturated/α-hetero) is 1. The number of hydrogen-bond acceptors (Lipinski definition) is 3. The Labute approximate surface area is 102 Å². The van der Waals surface area contributed by atoms with Crippen LogP contribution in [0.2, 0.25) is 0 Å². The van der Waals surface area contributed by atoms with E-state index in [9.17, 15) is 18.0 Å². The third kappa shape index (κ3) is 2.24. The van der Waals surface area contributed by atoms with Crippen molar-refractivity contribution in [1.82, 2.24) is 4.98 Å². The Balaban J connectivity index is 2.49. The van der Waals surface area contributed by atoms with Crippen molar-refractivity contribution in [2.75, 3.05) is 0 Å². The second-order valence-electron chi connectivity index (χ2n) is 3.24. The Kier molecular flexibility index (Phi) is 3.00. The summed E-state index contributed by atoms with van der Waals surface area (Å²) in [6, 6.07) is 0. The number of fused-ring (bicyclic) bond motifs is 1. The first-order valence-corrected chi connectivity index (χ1v) is 5.96. The van der Waals surface area contributed by atoms with Crippen LogP contribution in [-0.4, -0.2) is 16.3 Å². The van der Waals surface area contributed by atoms with Crippen LogP contribution in [0.4, 0.5) is 13.2 Å². The van der Waals surface area contributed by atoms with E-state index in [-0.39, 0.29) is 34.6 Å². The number of thioether (sulfide) groups is 1. The molecule has 1 aromatic heterocycles. The average molecular weight is 312 g/mol. The summed E-state index contributed by atoms with van der Waals surface area (Å²) in [5.41, 5.74) is -3.67. The van der Waals surface area contributed by atoms with E-state index in [2.05, 4.69) is 20.9 Å². The molecule has 1 aliphatic carbocycles. The summed E-state index contributed by atoms with van der Waals surface area (Å²) in [4.78, 5) is 15.1. The molecule has 0 spiro atoms. The van der Waals surface area contributed by atoms with Crippen molar-refractivity contribution >= 4 is 33.5 Å². The number of ketones is 1. The van der Waals surface area contributed by atoms with Crippen molar-refractivity contribution in [2.45, 2.75) is 23.4 Å². The molecule has 0 aliphatic heterocycles. The molecule has 2 nitrogen and oxygen atoms in total. The summed E-state index contributed by atoms with van der Waals surface area (Å²) in [5.74, 6) is -0.268. The van der Waals surface area contributed by atoms with Crippen LogP contribution in [-0.2, 0) is 6.42 Å². The monoisotopic (exact) mass is 311 g/mol. The van der Waals surface area contributed by atoms with Gasteiger partial charge < -0.3 is 0 Å². The van der Waals surface area contributed by atoms with Crippen LogP contribution in [0.5, 0.6) is 0 Å². The van der Waals surface area contributed by atoms with Crippen LogP contribution in [0.3, 0.4) is 0 Å². The van der Waals surface area contributed by atoms with E-state index in [4.69, 9.17) is 0 Å². The van der Waals surface area contributed by atoms with E-state index in [0.717, 1.165) is 0 Å². The minimum atomic E-state index is -4.42. The lowest BCUT2D eigenvalue weighted by atomic mass is 10.2. The molecule has 2 rings (SSSR count). The van der Waals surface area contributed by atoms with Gasteiger partial charge in [0.15, 0.2) is 5.78 Å². The lowest BCUT2D eigenvalue weighted by Crippen LogP contribution is -2.05. The fraction of sp³-hybridized carbons (Fsp3) is 0.333. The lowest BCUT2D eigenvalue weighted by molar-refractivity contribution is -0.0329. The first-order valence-electron chi connectivity index (χ1n) is 4.35. The van der Waals surface area contributed by atoms with Crippen LogP contribution >= 0.6 is 27.7 Å². The summed E-state index contributed by atoms with van der Waals surface area (Å²) < 4.78 is 37.3. The first kappa shape index (κ1) is 11.9. The highest BCUT2D eigenvalue weighted by atomic mass is 79.9. The molecule has 0 aromatic carbocycles. The van der Waals surface area contributed by atoms with Gasteiger partial charge in [-0.15, -0.1) is 0 Å². The van der Waals surface area contributed by atoms with Crippen molar-refractivity contribution in [2.24, 2.45) is 0 Å². The largest absolute Gasteiger partial charge is 0.447 e. The molecule has 0 radical (unpaired) electrons. The van der Waals surface area contributed by atoms with Gasteiger partial charge in [-0.2, -0.15) is 13.2 Å². The van der Waals surface area contributed by atoms with Gasteiger partial charge in [-0.05, 0) is 27.9 Å². The standard InChI is InChI=1S/C9H5BrF3NOS/c10-5-3-14-8(16-9(11,12)13)7-4(5)1-2-6(7)15/h3H,1-2H2. The van der Waals surface area contributed by atoms with Crippen LogP contribution in [0.15, 0.2) is 15.7 Å². The molecule has 7 heteroatoms. The Hall–Kier alpha value is -0.560. The third-order valence-electron chi connectivity index (χ3n) is 2.19. The van der Waals surface area contributed by atoms with Crippen LogP contribution < -0.4 is 0 Å². The molecule has 0 N–H and O–H groups in total. The predicted octanol–water partition coefficient (Wildman–Crippen LogP) is 3.58. The van der Waals surface area contributed by atoms with Gasteiger partial charge >= 0.3 is 5.51 Å². The van der Waals surface area contributed by atoms with E-state index in [1.54, 1.807) is 0 Å². The van der Waals surface area contributed by atoms with E-state index >= 15 is 0 Å². The molecule has 1 aromatic rings. The Morgan fingerprint density at radius 2 is 2.06 bits per heavy atom. The van der Waals surface area contributed by atoms with E-state index in [0.29, 0.717) is 16.5 Å². The molecule has 0 amide bonds. The minimum Gasteiger partial charge on any atom is -0.294 e. The van der Waals surface area contributed by atoms with Crippen molar-refractivity contribution < 1.29 is 18.0 Å². The molecular formula is C9H5BrF3NOS. The van der Waals surface area contributed by atoms with E-state index in [1.165, 1.54) is 6.20 Å². The average Bonchev–Trinajstić information content (AvgIpc) is 2.52. The number of rotatable bonds is 1. The molecular weight excluding hydrogens is 307 g/mol. The number of halogens is 4. The molecule has 86 valence electrons. The van der Waals surface area contributed by atoms with Crippen molar-refractivity contribution in [3.63, 3.8) is 0 Å². The molecule has 0 saturated heterocycles. The Bertz CT molecular complexity index is 461. The summed E-state index contributed by atoms with van der Waals surface area (Å²) in [5, 5.41) is -0.242. The molecule has 16 heavy (non-hydrogen) atoms. The van der Waals surface area contributed by atoms with Crippen LogP contribution in [0, 0.1) is 0 Å². The van der Waals surface area contributed by atoms with Gasteiger partial charge in [0.1, 0.15) is 5.03 Å². The van der Waals surface area contributed by atoms with Crippen LogP contribution in [0.1, 0.15) is 22.3 Å². The number of hydrogen-bond donors (Lipinski definition) is 0. The zero-order valence-electron chi connectivity index (χ0n) is 7.77. The number of pyridine rings is 1. The maximum atomic E-state index is 12.2. The summed E-state index contributed by atoms with van der Waals surface area (Å²) in [7, 11) is 0. The number of carbonyl (C=O) groups is 1. The van der Waals surface area contributed by atoms with Gasteiger partial charge in [0.05, 0.1) is 5.56 Å². The normalized spacial score (nSPS) is 15.4. The zero-order valence-corrected chi connectivity index (χ0v) is 10.2. The third-order valence-corrected chi connectivity index (χ3v) is 3.61. The number of carbonyl (C=O) groups excluding carboxylic acids is 1. The minimum absolute atomic E-state index is 0.122. The van der Waals surface area contributed by atoms with Gasteiger partial charge in [-0.25, -0.2) is 4.98 Å². The van der Waals surface area contributed by atoms with Crippen molar-refractivity contribution in [1.29, 1.82) is 0 Å². The number of nitrogens with zero attached hydrogens (tertiary/aromatic N) is 1. The summed E-state index contributed by atoms with van der Waals surface area (Å²) in [6.45, 7) is 0. The Morgan fingerprint density at radius 1 is 1.38 bits per heavy atom. The topological polar surface area (TPSA) is 30.0 Å². The van der Waals surface area contributed by atoms with Crippen LogP contribution in [0.25, 0.3) is 0 Å². The maximum absolute atomic E-state index is 12.2. The molecule has 0 unspecified atom stereocenters. The highest BCUT2D eigenvalue weighted by Gasteiger charge is 2.35. The van der Waals surface area contributed by atoms with Gasteiger partial charge in [0.2, 0.25) is 0 Å². The number of alkyl halides is 3. The highest BCUT2D eigenvalue weighted by Crippen LogP contribution is 2.41. The second kappa shape index (κ2) is 4.03. The van der Waals surface area contributed by atoms with Crippen molar-refractivity contribution in [3.05, 3.63) is 21.8 Å². The molecule has 0 atom stereocenters.